The Labute approximate surface area is 125 Å². The van der Waals surface area contributed by atoms with Crippen molar-refractivity contribution >= 4 is 34.6 Å². The highest BCUT2D eigenvalue weighted by molar-refractivity contribution is 6.32. The number of nitrogens with zero attached hydrogens (tertiary/aromatic N) is 1. The van der Waals surface area contributed by atoms with Gasteiger partial charge in [-0.1, -0.05) is 23.7 Å². The van der Waals surface area contributed by atoms with Crippen LogP contribution in [0.3, 0.4) is 0 Å². The van der Waals surface area contributed by atoms with Crippen LogP contribution in [0, 0.1) is 10.1 Å². The zero-order valence-corrected chi connectivity index (χ0v) is 11.6. The first-order valence-corrected chi connectivity index (χ1v) is 6.42. The van der Waals surface area contributed by atoms with E-state index in [0.29, 0.717) is 11.4 Å². The zero-order valence-electron chi connectivity index (χ0n) is 10.9. The van der Waals surface area contributed by atoms with E-state index in [-0.39, 0.29) is 23.0 Å². The molecule has 0 radical (unpaired) electrons. The van der Waals surface area contributed by atoms with Gasteiger partial charge in [0.2, 0.25) is 5.91 Å². The van der Waals surface area contributed by atoms with Gasteiger partial charge in [0.15, 0.2) is 0 Å². The second-order valence-corrected chi connectivity index (χ2v) is 4.80. The highest BCUT2D eigenvalue weighted by atomic mass is 35.5. The number of nitrogen functional groups attached to an aromatic ring is 1. The molecule has 21 heavy (non-hydrogen) atoms. The van der Waals surface area contributed by atoms with E-state index in [0.717, 1.165) is 5.56 Å². The summed E-state index contributed by atoms with van der Waals surface area (Å²) in [7, 11) is 0. The van der Waals surface area contributed by atoms with Crippen LogP contribution in [0.1, 0.15) is 5.56 Å². The first-order chi connectivity index (χ1) is 9.95. The average molecular weight is 306 g/mol. The van der Waals surface area contributed by atoms with Gasteiger partial charge in [-0.3, -0.25) is 14.9 Å². The molecule has 3 N–H and O–H groups in total. The molecule has 0 fully saturated rings. The van der Waals surface area contributed by atoms with Crippen molar-refractivity contribution in [1.29, 1.82) is 0 Å². The summed E-state index contributed by atoms with van der Waals surface area (Å²) in [4.78, 5) is 22.1. The van der Waals surface area contributed by atoms with E-state index in [1.807, 2.05) is 0 Å². The van der Waals surface area contributed by atoms with Crippen LogP contribution in [0.25, 0.3) is 0 Å². The van der Waals surface area contributed by atoms with E-state index >= 15 is 0 Å². The summed E-state index contributed by atoms with van der Waals surface area (Å²) in [5.74, 6) is -0.281. The number of halogens is 1. The zero-order chi connectivity index (χ0) is 15.4. The van der Waals surface area contributed by atoms with Crippen LogP contribution in [-0.4, -0.2) is 10.8 Å². The van der Waals surface area contributed by atoms with Gasteiger partial charge in [-0.2, -0.15) is 0 Å². The van der Waals surface area contributed by atoms with Gasteiger partial charge in [0.25, 0.3) is 5.69 Å². The SMILES string of the molecule is Nc1ccc(CC(=O)Nc2ccc(Cl)c([N+](=O)[O-])c2)cc1. The fourth-order valence-corrected chi connectivity index (χ4v) is 1.94. The van der Waals surface area contributed by atoms with E-state index in [1.165, 1.54) is 18.2 Å². The first kappa shape index (κ1) is 14.8. The van der Waals surface area contributed by atoms with Gasteiger partial charge in [0, 0.05) is 17.4 Å². The van der Waals surface area contributed by atoms with E-state index in [4.69, 9.17) is 17.3 Å². The van der Waals surface area contributed by atoms with Crippen LogP contribution in [0.15, 0.2) is 42.5 Å². The minimum atomic E-state index is -0.599. The molecule has 0 unspecified atom stereocenters. The number of carbonyl (C=O) groups excluding carboxylic acids is 1. The third-order valence-corrected chi connectivity index (χ3v) is 3.09. The van der Waals surface area contributed by atoms with Crippen LogP contribution < -0.4 is 11.1 Å². The number of carbonyl (C=O) groups is 1. The Morgan fingerprint density at radius 3 is 2.52 bits per heavy atom. The van der Waals surface area contributed by atoms with E-state index in [9.17, 15) is 14.9 Å². The lowest BCUT2D eigenvalue weighted by Gasteiger charge is -2.06. The van der Waals surface area contributed by atoms with Gasteiger partial charge in [-0.05, 0) is 29.8 Å². The van der Waals surface area contributed by atoms with Crippen LogP contribution in [0.2, 0.25) is 5.02 Å². The summed E-state index contributed by atoms with van der Waals surface area (Å²) in [5, 5.41) is 13.4. The van der Waals surface area contributed by atoms with Gasteiger partial charge in [0.05, 0.1) is 11.3 Å². The maximum atomic E-state index is 11.9. The Kier molecular flexibility index (Phi) is 4.39. The Morgan fingerprint density at radius 2 is 1.90 bits per heavy atom. The molecule has 0 saturated carbocycles. The molecule has 7 heteroatoms. The van der Waals surface area contributed by atoms with Crippen molar-refractivity contribution < 1.29 is 9.72 Å². The van der Waals surface area contributed by atoms with Gasteiger partial charge in [-0.25, -0.2) is 0 Å². The quantitative estimate of drug-likeness (QED) is 0.515. The van der Waals surface area contributed by atoms with Crippen molar-refractivity contribution in [2.75, 3.05) is 11.1 Å². The summed E-state index contributed by atoms with van der Waals surface area (Å²) >= 11 is 5.71. The smallest absolute Gasteiger partial charge is 0.289 e. The Bertz CT molecular complexity index is 686. The Balaban J connectivity index is 2.07. The summed E-state index contributed by atoms with van der Waals surface area (Å²) in [6.07, 6.45) is 0.150. The lowest BCUT2D eigenvalue weighted by atomic mass is 10.1. The van der Waals surface area contributed by atoms with Crippen molar-refractivity contribution in [2.45, 2.75) is 6.42 Å². The molecule has 0 heterocycles. The largest absolute Gasteiger partial charge is 0.399 e. The lowest BCUT2D eigenvalue weighted by Crippen LogP contribution is -2.14. The lowest BCUT2D eigenvalue weighted by molar-refractivity contribution is -0.384. The molecule has 0 saturated heterocycles. The van der Waals surface area contributed by atoms with Crippen molar-refractivity contribution in [3.8, 4) is 0 Å². The Morgan fingerprint density at radius 1 is 1.24 bits per heavy atom. The van der Waals surface area contributed by atoms with Crippen molar-refractivity contribution in [3.63, 3.8) is 0 Å². The molecule has 1 amide bonds. The monoisotopic (exact) mass is 305 g/mol. The number of hydrogen-bond acceptors (Lipinski definition) is 4. The number of hydrogen-bond donors (Lipinski definition) is 2. The van der Waals surface area contributed by atoms with Crippen LogP contribution in [-0.2, 0) is 11.2 Å². The normalized spacial score (nSPS) is 10.1. The molecular weight excluding hydrogens is 294 g/mol. The number of anilines is 2. The van der Waals surface area contributed by atoms with Crippen LogP contribution >= 0.6 is 11.6 Å². The van der Waals surface area contributed by atoms with E-state index in [2.05, 4.69) is 5.32 Å². The third kappa shape index (κ3) is 3.93. The molecule has 2 aromatic carbocycles. The van der Waals surface area contributed by atoms with Gasteiger partial charge in [-0.15, -0.1) is 0 Å². The predicted molar refractivity (Wildman–Crippen MR) is 81.3 cm³/mol. The average Bonchev–Trinajstić information content (AvgIpc) is 2.43. The van der Waals surface area contributed by atoms with E-state index in [1.54, 1.807) is 24.3 Å². The van der Waals surface area contributed by atoms with Crippen molar-refractivity contribution in [2.24, 2.45) is 0 Å². The van der Waals surface area contributed by atoms with Crippen molar-refractivity contribution in [1.82, 2.24) is 0 Å². The van der Waals surface area contributed by atoms with Crippen molar-refractivity contribution in [3.05, 3.63) is 63.2 Å². The number of amides is 1. The predicted octanol–water partition coefficient (Wildman–Crippen LogP) is 3.01. The van der Waals surface area contributed by atoms with E-state index < -0.39 is 4.92 Å². The molecule has 0 aromatic heterocycles. The molecule has 2 aromatic rings. The van der Waals surface area contributed by atoms with Gasteiger partial charge < -0.3 is 11.1 Å². The molecule has 2 rings (SSSR count). The number of nitrogens with one attached hydrogen (secondary N) is 1. The molecule has 0 aliphatic carbocycles. The molecule has 108 valence electrons. The minimum absolute atomic E-state index is 0.0246. The maximum absolute atomic E-state index is 11.9. The number of nitro groups is 1. The standard InChI is InChI=1S/C14H12ClN3O3/c15-12-6-5-11(8-13(12)18(20)21)17-14(19)7-9-1-3-10(16)4-2-9/h1-6,8H,7,16H2,(H,17,19). The highest BCUT2D eigenvalue weighted by Gasteiger charge is 2.14. The summed E-state index contributed by atoms with van der Waals surface area (Å²) in [5.41, 5.74) is 7.06. The number of nitrogens with two attached hydrogens (primary N) is 1. The molecular formula is C14H12ClN3O3. The maximum Gasteiger partial charge on any atom is 0.289 e. The topological polar surface area (TPSA) is 98.3 Å². The number of benzene rings is 2. The fraction of sp³-hybridized carbons (Fsp3) is 0.0714. The minimum Gasteiger partial charge on any atom is -0.399 e. The fourth-order valence-electron chi connectivity index (χ4n) is 1.76. The summed E-state index contributed by atoms with van der Waals surface area (Å²) < 4.78 is 0. The molecule has 0 bridgehead atoms. The summed E-state index contributed by atoms with van der Waals surface area (Å²) in [6, 6.07) is 11.0. The number of rotatable bonds is 4. The Hall–Kier alpha value is -2.60. The van der Waals surface area contributed by atoms with Gasteiger partial charge >= 0.3 is 0 Å². The summed E-state index contributed by atoms with van der Waals surface area (Å²) in [6.45, 7) is 0. The molecule has 0 atom stereocenters. The van der Waals surface area contributed by atoms with Gasteiger partial charge in [0.1, 0.15) is 5.02 Å². The van der Waals surface area contributed by atoms with Crippen LogP contribution in [0.5, 0.6) is 0 Å². The highest BCUT2D eigenvalue weighted by Crippen LogP contribution is 2.27. The number of nitro benzene ring substituents is 1. The second kappa shape index (κ2) is 6.23. The first-order valence-electron chi connectivity index (χ1n) is 6.04. The molecule has 0 aliphatic heterocycles. The molecule has 0 spiro atoms. The molecule has 0 aliphatic rings. The third-order valence-electron chi connectivity index (χ3n) is 2.77. The second-order valence-electron chi connectivity index (χ2n) is 4.39. The molecule has 6 nitrogen and oxygen atoms in total. The van der Waals surface area contributed by atoms with Crippen LogP contribution in [0.4, 0.5) is 17.1 Å².